The molecule has 0 amide bonds. The Hall–Kier alpha value is -2.03. The number of hydrogen-bond donors (Lipinski definition) is 1. The molecular formula is C14H14F3N3O2S. The number of alkyl halides is 3. The highest BCUT2D eigenvalue weighted by atomic mass is 32.1. The van der Waals surface area contributed by atoms with Crippen LogP contribution in [-0.2, 0) is 4.74 Å². The Morgan fingerprint density at radius 1 is 1.57 bits per heavy atom. The molecule has 124 valence electrons. The van der Waals surface area contributed by atoms with Gasteiger partial charge in [0.15, 0.2) is 6.04 Å². The van der Waals surface area contributed by atoms with Crippen molar-refractivity contribution in [2.24, 2.45) is 0 Å². The molecule has 0 aromatic carbocycles. The average molecular weight is 345 g/mol. The fraction of sp³-hybridized carbons (Fsp3) is 0.429. The molecule has 0 bridgehead atoms. The third kappa shape index (κ3) is 2.92. The van der Waals surface area contributed by atoms with Crippen LogP contribution < -0.4 is 5.32 Å². The van der Waals surface area contributed by atoms with Crippen LogP contribution in [0.25, 0.3) is 0 Å². The Labute approximate surface area is 134 Å². The molecule has 5 nitrogen and oxygen atoms in total. The van der Waals surface area contributed by atoms with Crippen LogP contribution in [0.2, 0.25) is 0 Å². The second-order valence-corrected chi connectivity index (χ2v) is 6.06. The van der Waals surface area contributed by atoms with Gasteiger partial charge in [0.25, 0.3) is 0 Å². The van der Waals surface area contributed by atoms with Gasteiger partial charge in [0.1, 0.15) is 11.4 Å². The van der Waals surface area contributed by atoms with Crippen molar-refractivity contribution < 1.29 is 22.7 Å². The van der Waals surface area contributed by atoms with E-state index in [9.17, 15) is 18.0 Å². The number of ether oxygens (including phenoxy) is 1. The summed E-state index contributed by atoms with van der Waals surface area (Å²) in [5.74, 6) is -0.635. The van der Waals surface area contributed by atoms with E-state index >= 15 is 0 Å². The zero-order valence-corrected chi connectivity index (χ0v) is 12.9. The number of carbonyl (C=O) groups is 1. The van der Waals surface area contributed by atoms with E-state index < -0.39 is 24.2 Å². The van der Waals surface area contributed by atoms with Gasteiger partial charge in [-0.2, -0.15) is 18.3 Å². The van der Waals surface area contributed by atoms with Crippen LogP contribution in [0.4, 0.5) is 19.0 Å². The summed E-state index contributed by atoms with van der Waals surface area (Å²) in [6.45, 7) is 1.77. The molecule has 2 aromatic heterocycles. The fourth-order valence-corrected chi connectivity index (χ4v) is 3.39. The minimum Gasteiger partial charge on any atom is -0.462 e. The van der Waals surface area contributed by atoms with E-state index in [1.807, 2.05) is 0 Å². The molecule has 2 atom stereocenters. The molecule has 0 fully saturated rings. The fourth-order valence-electron chi connectivity index (χ4n) is 2.60. The molecule has 1 N–H and O–H groups in total. The number of halogens is 3. The molecule has 3 heterocycles. The van der Waals surface area contributed by atoms with E-state index in [0.29, 0.717) is 0 Å². The van der Waals surface area contributed by atoms with Crippen LogP contribution in [0.15, 0.2) is 23.7 Å². The van der Waals surface area contributed by atoms with Gasteiger partial charge in [-0.25, -0.2) is 9.48 Å². The lowest BCUT2D eigenvalue weighted by molar-refractivity contribution is -0.173. The number of fused-ring (bicyclic) bond motifs is 1. The average Bonchev–Trinajstić information content (AvgIpc) is 3.14. The van der Waals surface area contributed by atoms with Gasteiger partial charge >= 0.3 is 12.1 Å². The van der Waals surface area contributed by atoms with Gasteiger partial charge in [0.2, 0.25) is 0 Å². The molecule has 0 saturated carbocycles. The summed E-state index contributed by atoms with van der Waals surface area (Å²) in [6.07, 6.45) is -3.51. The van der Waals surface area contributed by atoms with E-state index in [4.69, 9.17) is 4.74 Å². The number of rotatable bonds is 3. The minimum atomic E-state index is -4.45. The molecule has 0 saturated heterocycles. The van der Waals surface area contributed by atoms with Gasteiger partial charge in [0.05, 0.1) is 18.8 Å². The molecule has 23 heavy (non-hydrogen) atoms. The summed E-state index contributed by atoms with van der Waals surface area (Å²) in [7, 11) is 0. The lowest BCUT2D eigenvalue weighted by atomic mass is 10.0. The van der Waals surface area contributed by atoms with Crippen molar-refractivity contribution in [3.63, 3.8) is 0 Å². The Bertz CT molecular complexity index is 697. The number of hydrogen-bond acceptors (Lipinski definition) is 5. The van der Waals surface area contributed by atoms with E-state index in [-0.39, 0.29) is 24.4 Å². The van der Waals surface area contributed by atoms with E-state index in [2.05, 4.69) is 10.4 Å². The van der Waals surface area contributed by atoms with Gasteiger partial charge in [-0.1, -0.05) is 6.07 Å². The van der Waals surface area contributed by atoms with Gasteiger partial charge in [-0.05, 0) is 18.4 Å². The summed E-state index contributed by atoms with van der Waals surface area (Å²) in [6, 6.07) is 1.24. The second kappa shape index (κ2) is 5.88. The molecule has 3 rings (SSSR count). The maximum absolute atomic E-state index is 13.4. The Morgan fingerprint density at radius 2 is 2.35 bits per heavy atom. The Balaban J connectivity index is 2.02. The summed E-state index contributed by atoms with van der Waals surface area (Å²) in [5.41, 5.74) is 0.0161. The van der Waals surface area contributed by atoms with Crippen molar-refractivity contribution in [1.29, 1.82) is 0 Å². The minimum absolute atomic E-state index is 0.0161. The van der Waals surface area contributed by atoms with Gasteiger partial charge in [-0.15, -0.1) is 11.3 Å². The third-order valence-corrected chi connectivity index (χ3v) is 4.61. The topological polar surface area (TPSA) is 56.1 Å². The van der Waals surface area contributed by atoms with E-state index in [0.717, 1.165) is 15.8 Å². The van der Waals surface area contributed by atoms with Crippen LogP contribution in [0.1, 0.15) is 40.7 Å². The quantitative estimate of drug-likeness (QED) is 0.860. The molecule has 0 unspecified atom stereocenters. The summed E-state index contributed by atoms with van der Waals surface area (Å²) in [4.78, 5) is 12.7. The number of carbonyl (C=O) groups excluding carboxylic acids is 1. The number of anilines is 1. The molecule has 1 aliphatic rings. The number of thiophene rings is 1. The smallest absolute Gasteiger partial charge is 0.410 e. The van der Waals surface area contributed by atoms with Crippen LogP contribution in [0.5, 0.6) is 0 Å². The molecule has 9 heteroatoms. The number of nitrogens with one attached hydrogen (secondary N) is 1. The Kier molecular flexibility index (Phi) is 4.05. The molecule has 0 aliphatic carbocycles. The van der Waals surface area contributed by atoms with E-state index in [1.165, 1.54) is 11.3 Å². The van der Waals surface area contributed by atoms with Crippen LogP contribution in [0, 0.1) is 0 Å². The highest BCUT2D eigenvalue weighted by Crippen LogP contribution is 2.45. The number of aromatic nitrogens is 2. The molecule has 0 spiro atoms. The number of nitrogens with zero attached hydrogens (tertiary/aromatic N) is 2. The normalized spacial score (nSPS) is 20.7. The zero-order chi connectivity index (χ0) is 16.6. The lowest BCUT2D eigenvalue weighted by Gasteiger charge is -2.33. The first-order chi connectivity index (χ1) is 10.9. The van der Waals surface area contributed by atoms with Crippen LogP contribution in [-0.4, -0.2) is 28.5 Å². The maximum atomic E-state index is 13.4. The third-order valence-electron chi connectivity index (χ3n) is 3.62. The SMILES string of the molecule is CCOC(=O)c1cnn2c1N[C@H](c1cccs1)C[C@@H]2C(F)(F)F. The largest absolute Gasteiger partial charge is 0.462 e. The first kappa shape index (κ1) is 15.9. The van der Waals surface area contributed by atoms with Gasteiger partial charge < -0.3 is 10.1 Å². The maximum Gasteiger partial charge on any atom is 0.410 e. The highest BCUT2D eigenvalue weighted by molar-refractivity contribution is 7.10. The van der Waals surface area contributed by atoms with Crippen LogP contribution >= 0.6 is 11.3 Å². The van der Waals surface area contributed by atoms with Crippen molar-refractivity contribution in [1.82, 2.24) is 9.78 Å². The first-order valence-corrected chi connectivity index (χ1v) is 7.91. The summed E-state index contributed by atoms with van der Waals surface area (Å²) < 4.78 is 45.9. The summed E-state index contributed by atoms with van der Waals surface area (Å²) in [5, 5.41) is 8.56. The van der Waals surface area contributed by atoms with Crippen molar-refractivity contribution in [2.75, 3.05) is 11.9 Å². The molecular weight excluding hydrogens is 331 g/mol. The standard InChI is InChI=1S/C14H14F3N3O2S/c1-2-22-13(21)8-7-18-20-11(14(15,16)17)6-9(19-12(8)20)10-4-3-5-23-10/h3-5,7,9,11,19H,2,6H2,1H3/t9-,11+/m0/s1. The van der Waals surface area contributed by atoms with Crippen molar-refractivity contribution >= 4 is 23.1 Å². The predicted octanol–water partition coefficient (Wildman–Crippen LogP) is 3.78. The number of esters is 1. The highest BCUT2D eigenvalue weighted by Gasteiger charge is 2.47. The Morgan fingerprint density at radius 3 is 2.96 bits per heavy atom. The van der Waals surface area contributed by atoms with Crippen molar-refractivity contribution in [2.45, 2.75) is 31.6 Å². The van der Waals surface area contributed by atoms with E-state index in [1.54, 1.807) is 24.4 Å². The predicted molar refractivity (Wildman–Crippen MR) is 78.6 cm³/mol. The summed E-state index contributed by atoms with van der Waals surface area (Å²) >= 11 is 1.37. The van der Waals surface area contributed by atoms with Gasteiger partial charge in [0, 0.05) is 11.3 Å². The van der Waals surface area contributed by atoms with Crippen molar-refractivity contribution in [3.05, 3.63) is 34.2 Å². The lowest BCUT2D eigenvalue weighted by Crippen LogP contribution is -2.36. The second-order valence-electron chi connectivity index (χ2n) is 5.08. The molecule has 0 radical (unpaired) electrons. The van der Waals surface area contributed by atoms with Gasteiger partial charge in [-0.3, -0.25) is 0 Å². The monoisotopic (exact) mass is 345 g/mol. The first-order valence-electron chi connectivity index (χ1n) is 7.03. The van der Waals surface area contributed by atoms with Crippen molar-refractivity contribution in [3.8, 4) is 0 Å². The molecule has 2 aromatic rings. The molecule has 1 aliphatic heterocycles. The zero-order valence-electron chi connectivity index (χ0n) is 12.1. The van der Waals surface area contributed by atoms with Crippen LogP contribution in [0.3, 0.4) is 0 Å².